The fourth-order valence-corrected chi connectivity index (χ4v) is 1.51. The van der Waals surface area contributed by atoms with E-state index in [1.165, 1.54) is 12.1 Å². The monoisotopic (exact) mass is 274 g/mol. The topological polar surface area (TPSA) is 43.4 Å². The van der Waals surface area contributed by atoms with Crippen molar-refractivity contribution in [1.82, 2.24) is 0 Å². The average molecular weight is 275 g/mol. The lowest BCUT2D eigenvalue weighted by molar-refractivity contribution is -0.0500. The van der Waals surface area contributed by atoms with Crippen molar-refractivity contribution < 1.29 is 25.8 Å². The van der Waals surface area contributed by atoms with Gasteiger partial charge in [-0.05, 0) is 24.6 Å². The van der Waals surface area contributed by atoms with Gasteiger partial charge >= 0.3 is 15.6 Å². The summed E-state index contributed by atoms with van der Waals surface area (Å²) in [6.07, 6.45) is 0. The Morgan fingerprint density at radius 3 is 2.38 bits per heavy atom. The lowest BCUT2D eigenvalue weighted by atomic mass is 10.2. The van der Waals surface area contributed by atoms with E-state index in [9.17, 15) is 21.6 Å². The fraction of sp³-hybridized carbons (Fsp3) is 0.250. The van der Waals surface area contributed by atoms with Gasteiger partial charge in [0, 0.05) is 0 Å². The molecule has 0 aromatic heterocycles. The summed E-state index contributed by atoms with van der Waals surface area (Å²) in [5.74, 6) is -0.543. The molecule has 0 aliphatic heterocycles. The van der Waals surface area contributed by atoms with Gasteiger partial charge in [-0.3, -0.25) is 0 Å². The number of alkyl halides is 3. The molecule has 0 amide bonds. The molecule has 0 saturated carbocycles. The summed E-state index contributed by atoms with van der Waals surface area (Å²) >= 11 is 5.50. The van der Waals surface area contributed by atoms with Crippen molar-refractivity contribution in [2.75, 3.05) is 0 Å². The van der Waals surface area contributed by atoms with Crippen LogP contribution in [0, 0.1) is 6.92 Å². The molecular formula is C8H6ClF3O3S. The highest BCUT2D eigenvalue weighted by Gasteiger charge is 2.48. The molecule has 3 nitrogen and oxygen atoms in total. The highest BCUT2D eigenvalue weighted by molar-refractivity contribution is 7.88. The summed E-state index contributed by atoms with van der Waals surface area (Å²) in [6, 6.07) is 3.86. The van der Waals surface area contributed by atoms with Crippen molar-refractivity contribution in [3.8, 4) is 5.75 Å². The first-order chi connectivity index (χ1) is 7.13. The molecule has 0 atom stereocenters. The average Bonchev–Trinajstić information content (AvgIpc) is 2.09. The predicted octanol–water partition coefficient (Wildman–Crippen LogP) is 2.88. The molecule has 1 aromatic carbocycles. The van der Waals surface area contributed by atoms with Gasteiger partial charge in [0.15, 0.2) is 5.75 Å². The predicted molar refractivity (Wildman–Crippen MR) is 51.8 cm³/mol. The molecule has 0 saturated heterocycles. The molecule has 0 heterocycles. The van der Waals surface area contributed by atoms with Crippen LogP contribution in [0.1, 0.15) is 5.56 Å². The molecule has 90 valence electrons. The van der Waals surface area contributed by atoms with Gasteiger partial charge < -0.3 is 4.18 Å². The Bertz CT molecular complexity index is 496. The number of aryl methyl sites for hydroxylation is 1. The van der Waals surface area contributed by atoms with Crippen LogP contribution >= 0.6 is 11.6 Å². The van der Waals surface area contributed by atoms with Crippen molar-refractivity contribution in [2.45, 2.75) is 12.4 Å². The summed E-state index contributed by atoms with van der Waals surface area (Å²) in [4.78, 5) is 0. The van der Waals surface area contributed by atoms with Crippen LogP contribution in [-0.4, -0.2) is 13.9 Å². The van der Waals surface area contributed by atoms with Crippen LogP contribution in [0.4, 0.5) is 13.2 Å². The third kappa shape index (κ3) is 2.79. The van der Waals surface area contributed by atoms with Crippen LogP contribution < -0.4 is 4.18 Å². The van der Waals surface area contributed by atoms with E-state index >= 15 is 0 Å². The zero-order valence-electron chi connectivity index (χ0n) is 7.88. The highest BCUT2D eigenvalue weighted by Crippen LogP contribution is 2.31. The maximum atomic E-state index is 12.0. The second kappa shape index (κ2) is 4.14. The zero-order chi connectivity index (χ0) is 12.6. The molecule has 0 unspecified atom stereocenters. The Morgan fingerprint density at radius 1 is 1.31 bits per heavy atom. The van der Waals surface area contributed by atoms with E-state index in [1.54, 1.807) is 6.92 Å². The van der Waals surface area contributed by atoms with Crippen LogP contribution in [0.3, 0.4) is 0 Å². The first-order valence-electron chi connectivity index (χ1n) is 3.90. The molecule has 8 heteroatoms. The molecular weight excluding hydrogens is 269 g/mol. The standard InChI is InChI=1S/C8H6ClF3O3S/c1-5-2-3-6(9)7(4-5)15-16(13,14)8(10,11)12/h2-4H,1H3. The maximum absolute atomic E-state index is 12.0. The number of benzene rings is 1. The highest BCUT2D eigenvalue weighted by atomic mass is 35.5. The minimum atomic E-state index is -5.67. The molecule has 16 heavy (non-hydrogen) atoms. The summed E-state index contributed by atoms with van der Waals surface area (Å²) < 4.78 is 61.2. The van der Waals surface area contributed by atoms with Crippen molar-refractivity contribution in [2.24, 2.45) is 0 Å². The SMILES string of the molecule is Cc1ccc(Cl)c(OS(=O)(=O)C(F)(F)F)c1. The lowest BCUT2D eigenvalue weighted by Crippen LogP contribution is -2.28. The van der Waals surface area contributed by atoms with Gasteiger partial charge in [0.05, 0.1) is 5.02 Å². The van der Waals surface area contributed by atoms with Gasteiger partial charge in [0.25, 0.3) is 0 Å². The molecule has 0 radical (unpaired) electrons. The van der Waals surface area contributed by atoms with Crippen LogP contribution in [0.2, 0.25) is 5.02 Å². The first kappa shape index (κ1) is 13.1. The van der Waals surface area contributed by atoms with E-state index in [0.717, 1.165) is 6.07 Å². The van der Waals surface area contributed by atoms with Gasteiger partial charge in [0.2, 0.25) is 0 Å². The second-order valence-electron chi connectivity index (χ2n) is 2.92. The lowest BCUT2D eigenvalue weighted by Gasteiger charge is -2.10. The normalized spacial score (nSPS) is 12.6. The van der Waals surface area contributed by atoms with E-state index in [0.29, 0.717) is 5.56 Å². The smallest absolute Gasteiger partial charge is 0.374 e. The Kier molecular flexibility index (Phi) is 3.39. The van der Waals surface area contributed by atoms with Crippen molar-refractivity contribution >= 4 is 21.7 Å². The largest absolute Gasteiger partial charge is 0.534 e. The molecule has 0 N–H and O–H groups in total. The second-order valence-corrected chi connectivity index (χ2v) is 4.86. The van der Waals surface area contributed by atoms with Crippen LogP contribution in [-0.2, 0) is 10.1 Å². The summed E-state index contributed by atoms with van der Waals surface area (Å²) in [5.41, 5.74) is -4.95. The fourth-order valence-electron chi connectivity index (χ4n) is 0.840. The quantitative estimate of drug-likeness (QED) is 0.615. The van der Waals surface area contributed by atoms with Crippen molar-refractivity contribution in [1.29, 1.82) is 0 Å². The number of hydrogen-bond acceptors (Lipinski definition) is 3. The molecule has 0 fully saturated rings. The van der Waals surface area contributed by atoms with Gasteiger partial charge in [-0.25, -0.2) is 0 Å². The Balaban J connectivity index is 3.11. The van der Waals surface area contributed by atoms with E-state index in [1.807, 2.05) is 0 Å². The van der Waals surface area contributed by atoms with E-state index < -0.39 is 21.4 Å². The van der Waals surface area contributed by atoms with Crippen molar-refractivity contribution in [3.63, 3.8) is 0 Å². The Labute approximate surface area is 94.9 Å². The molecule has 1 rings (SSSR count). The minimum absolute atomic E-state index is 0.210. The van der Waals surface area contributed by atoms with Crippen LogP contribution in [0.5, 0.6) is 5.75 Å². The van der Waals surface area contributed by atoms with Gasteiger partial charge in [0.1, 0.15) is 0 Å². The number of rotatable bonds is 2. The third-order valence-corrected chi connectivity index (χ3v) is 2.85. The van der Waals surface area contributed by atoms with Gasteiger partial charge in [-0.2, -0.15) is 21.6 Å². The molecule has 0 bridgehead atoms. The third-order valence-electron chi connectivity index (χ3n) is 1.57. The zero-order valence-corrected chi connectivity index (χ0v) is 9.45. The Morgan fingerprint density at radius 2 is 1.88 bits per heavy atom. The molecule has 1 aromatic rings. The summed E-state index contributed by atoms with van der Waals surface area (Å²) in [7, 11) is -5.67. The van der Waals surface area contributed by atoms with Crippen LogP contribution in [0.25, 0.3) is 0 Å². The number of hydrogen-bond donors (Lipinski definition) is 0. The van der Waals surface area contributed by atoms with Crippen molar-refractivity contribution in [3.05, 3.63) is 28.8 Å². The van der Waals surface area contributed by atoms with Crippen LogP contribution in [0.15, 0.2) is 18.2 Å². The Hall–Kier alpha value is -0.950. The van der Waals surface area contributed by atoms with Gasteiger partial charge in [-0.15, -0.1) is 0 Å². The van der Waals surface area contributed by atoms with E-state index in [-0.39, 0.29) is 5.02 Å². The summed E-state index contributed by atoms with van der Waals surface area (Å²) in [6.45, 7) is 1.56. The molecule has 0 spiro atoms. The maximum Gasteiger partial charge on any atom is 0.534 e. The minimum Gasteiger partial charge on any atom is -0.374 e. The number of halogens is 4. The van der Waals surface area contributed by atoms with E-state index in [4.69, 9.17) is 11.6 Å². The summed E-state index contributed by atoms with van der Waals surface area (Å²) in [5, 5.41) is -0.210. The molecule has 0 aliphatic rings. The van der Waals surface area contributed by atoms with E-state index in [2.05, 4.69) is 4.18 Å². The first-order valence-corrected chi connectivity index (χ1v) is 5.69. The molecule has 0 aliphatic carbocycles. The van der Waals surface area contributed by atoms with Gasteiger partial charge in [-0.1, -0.05) is 17.7 Å².